The summed E-state index contributed by atoms with van der Waals surface area (Å²) in [6.45, 7) is 0. The van der Waals surface area contributed by atoms with Crippen molar-refractivity contribution >= 4 is 17.8 Å². The number of methoxy groups -OCH3 is 2. The number of alkyl halides is 2. The van der Waals surface area contributed by atoms with E-state index in [1.807, 2.05) is 164 Å². The number of aliphatic hydroxyl groups is 1. The van der Waals surface area contributed by atoms with Gasteiger partial charge in [-0.3, -0.25) is 19.6 Å². The highest BCUT2D eigenvalue weighted by atomic mass is 19.1. The van der Waals surface area contributed by atoms with Crippen molar-refractivity contribution in [2.75, 3.05) is 14.2 Å². The molecule has 0 fully saturated rings. The molecular formula is C56H63F2NO7. The molecule has 8 nitrogen and oxygen atoms in total. The van der Waals surface area contributed by atoms with Gasteiger partial charge in [0.25, 0.3) is 0 Å². The third-order valence-corrected chi connectivity index (χ3v) is 10.9. The number of carbonyl (C=O) groups excluding carboxylic acids is 3. The molecule has 6 aromatic carbocycles. The Labute approximate surface area is 388 Å². The molecule has 3 atom stereocenters. The summed E-state index contributed by atoms with van der Waals surface area (Å²) in [6.07, 6.45) is 4.16. The van der Waals surface area contributed by atoms with Crippen molar-refractivity contribution in [1.29, 1.82) is 0 Å². The predicted octanol–water partition coefficient (Wildman–Crippen LogP) is 10.1. The Hall–Kier alpha value is -6.49. The van der Waals surface area contributed by atoms with Crippen molar-refractivity contribution in [3.63, 3.8) is 0 Å². The first-order chi connectivity index (χ1) is 32.0. The smallest absolute Gasteiger partial charge is 0.309 e. The van der Waals surface area contributed by atoms with Gasteiger partial charge >= 0.3 is 11.9 Å². The van der Waals surface area contributed by atoms with E-state index >= 15 is 0 Å². The zero-order valence-electron chi connectivity index (χ0n) is 38.0. The molecule has 0 spiro atoms. The number of rotatable bonds is 21. The Morgan fingerprint density at radius 3 is 1.08 bits per heavy atom. The van der Waals surface area contributed by atoms with Crippen LogP contribution in [0.4, 0.5) is 8.78 Å². The Morgan fingerprint density at radius 1 is 0.439 bits per heavy atom. The van der Waals surface area contributed by atoms with Crippen molar-refractivity contribution in [1.82, 2.24) is 5.48 Å². The molecule has 0 aliphatic rings. The van der Waals surface area contributed by atoms with Crippen molar-refractivity contribution in [2.24, 2.45) is 0 Å². The monoisotopic (exact) mass is 899 g/mol. The van der Waals surface area contributed by atoms with Gasteiger partial charge in [-0.1, -0.05) is 164 Å². The molecule has 348 valence electrons. The molecular weight excluding hydrogens is 837 g/mol. The number of nitrogens with one attached hydrogen (secondary N) is 1. The first-order valence-corrected chi connectivity index (χ1v) is 22.4. The van der Waals surface area contributed by atoms with Gasteiger partial charge in [0.15, 0.2) is 0 Å². The van der Waals surface area contributed by atoms with Crippen LogP contribution in [0.1, 0.15) is 69.3 Å². The minimum atomic E-state index is -0.859. The summed E-state index contributed by atoms with van der Waals surface area (Å²) in [5, 5.41) is 18.6. The van der Waals surface area contributed by atoms with Gasteiger partial charge in [-0.2, -0.15) is 0 Å². The van der Waals surface area contributed by atoms with Crippen LogP contribution in [-0.2, 0) is 81.6 Å². The third-order valence-electron chi connectivity index (χ3n) is 10.9. The number of ether oxygens (including phenoxy) is 2. The number of amides is 1. The molecule has 10 heteroatoms. The Kier molecular flexibility index (Phi) is 23.6. The van der Waals surface area contributed by atoms with Crippen molar-refractivity contribution in [2.45, 2.75) is 95.5 Å². The normalized spacial score (nSPS) is 11.9. The Balaban J connectivity index is 0.000000216. The van der Waals surface area contributed by atoms with E-state index in [9.17, 15) is 28.3 Å². The second kappa shape index (κ2) is 29.9. The zero-order valence-corrected chi connectivity index (χ0v) is 38.0. The molecule has 0 aliphatic heterocycles. The van der Waals surface area contributed by atoms with Gasteiger partial charge in [0, 0.05) is 12.8 Å². The summed E-state index contributed by atoms with van der Waals surface area (Å²) >= 11 is 0. The number of hydrogen-bond donors (Lipinski definition) is 3. The summed E-state index contributed by atoms with van der Waals surface area (Å²) in [4.78, 5) is 33.4. The molecule has 6 aromatic rings. The molecule has 1 amide bonds. The van der Waals surface area contributed by atoms with Crippen LogP contribution in [0, 0.1) is 0 Å². The van der Waals surface area contributed by atoms with Gasteiger partial charge in [-0.15, -0.1) is 0 Å². The maximum atomic E-state index is 14.0. The lowest BCUT2D eigenvalue weighted by Gasteiger charge is -2.11. The van der Waals surface area contributed by atoms with Crippen LogP contribution in [0.15, 0.2) is 164 Å². The van der Waals surface area contributed by atoms with Crippen LogP contribution in [0.25, 0.3) is 0 Å². The van der Waals surface area contributed by atoms with Crippen LogP contribution in [0.5, 0.6) is 0 Å². The van der Waals surface area contributed by atoms with Gasteiger partial charge in [0.1, 0.15) is 12.3 Å². The summed E-state index contributed by atoms with van der Waals surface area (Å²) in [5.74, 6) is -0.926. The number of hydroxylamine groups is 1. The van der Waals surface area contributed by atoms with Crippen LogP contribution in [0.3, 0.4) is 0 Å². The minimum absolute atomic E-state index is 0.135. The predicted molar refractivity (Wildman–Crippen MR) is 256 cm³/mol. The highest BCUT2D eigenvalue weighted by molar-refractivity contribution is 5.77. The summed E-state index contributed by atoms with van der Waals surface area (Å²) in [7, 11) is 2.77. The second-order valence-electron chi connectivity index (χ2n) is 16.2. The Morgan fingerprint density at radius 2 is 0.742 bits per heavy atom. The fraction of sp³-hybridized carbons (Fsp3) is 0.304. The van der Waals surface area contributed by atoms with Crippen molar-refractivity contribution < 1.29 is 43.0 Å². The first kappa shape index (κ1) is 52.1. The van der Waals surface area contributed by atoms with E-state index in [4.69, 9.17) is 5.21 Å². The average Bonchev–Trinajstić information content (AvgIpc) is 3.34. The highest BCUT2D eigenvalue weighted by Gasteiger charge is 2.11. The van der Waals surface area contributed by atoms with E-state index in [-0.39, 0.29) is 30.9 Å². The maximum absolute atomic E-state index is 14.0. The van der Waals surface area contributed by atoms with Crippen LogP contribution in [0.2, 0.25) is 0 Å². The van der Waals surface area contributed by atoms with Crippen LogP contribution in [-0.4, -0.2) is 60.8 Å². The van der Waals surface area contributed by atoms with Gasteiger partial charge in [0.2, 0.25) is 5.91 Å². The topological polar surface area (TPSA) is 122 Å². The number of hydrogen-bond acceptors (Lipinski definition) is 7. The number of halogens is 2. The summed E-state index contributed by atoms with van der Waals surface area (Å²) in [6, 6.07) is 52.4. The lowest BCUT2D eigenvalue weighted by Crippen LogP contribution is -2.20. The summed E-state index contributed by atoms with van der Waals surface area (Å²) in [5.41, 5.74) is 10.8. The fourth-order valence-electron chi connectivity index (χ4n) is 7.09. The zero-order chi connectivity index (χ0) is 47.4. The average molecular weight is 900 g/mol. The Bertz CT molecular complexity index is 2000. The standard InChI is InChI=1S/C19H21FO2.C19H22O3.C18H20FNO2/c2*1-22-19(21)14-17-9-7-15(8-10-17)11-12-18(20)13-16-5-3-2-4-6-16;19-17(12-15-4-2-1-3-5-15)11-10-14-6-8-16(9-7-14)13-18(21)20-22/h2-10,18H,11-14H2,1H3;2-10,18,20H,11-14H2,1H3;1-9,17,22H,10-13H2,(H,20,21). The van der Waals surface area contributed by atoms with Gasteiger partial charge in [-0.05, 0) is 95.0 Å². The van der Waals surface area contributed by atoms with Crippen LogP contribution >= 0.6 is 0 Å². The second-order valence-corrected chi connectivity index (χ2v) is 16.2. The van der Waals surface area contributed by atoms with E-state index in [1.165, 1.54) is 19.8 Å². The van der Waals surface area contributed by atoms with Crippen LogP contribution < -0.4 is 5.48 Å². The molecule has 0 aliphatic carbocycles. The molecule has 0 heterocycles. The van der Waals surface area contributed by atoms with Gasteiger partial charge < -0.3 is 14.6 Å². The number of carbonyl (C=O) groups is 3. The van der Waals surface area contributed by atoms with Gasteiger partial charge in [0.05, 0.1) is 39.6 Å². The first-order valence-electron chi connectivity index (χ1n) is 22.4. The molecule has 0 aromatic heterocycles. The number of benzene rings is 6. The molecule has 0 saturated carbocycles. The molecule has 0 radical (unpaired) electrons. The summed E-state index contributed by atoms with van der Waals surface area (Å²) < 4.78 is 37.3. The fourth-order valence-corrected chi connectivity index (χ4v) is 7.09. The molecule has 6 rings (SSSR count). The maximum Gasteiger partial charge on any atom is 0.309 e. The van der Waals surface area contributed by atoms with Crippen molar-refractivity contribution in [3.8, 4) is 0 Å². The van der Waals surface area contributed by atoms with E-state index in [0.717, 1.165) is 57.3 Å². The number of esters is 2. The minimum Gasteiger partial charge on any atom is -0.469 e. The number of aryl methyl sites for hydroxylation is 3. The molecule has 0 bridgehead atoms. The SMILES string of the molecule is COC(=O)Cc1ccc(CCC(F)Cc2ccccc2)cc1.COC(=O)Cc1ccc(CCC(O)Cc2ccccc2)cc1.O=C(Cc1ccc(CCC(F)Cc2ccccc2)cc1)NO. The van der Waals surface area contributed by atoms with E-state index in [0.29, 0.717) is 51.4 Å². The lowest BCUT2D eigenvalue weighted by molar-refractivity contribution is -0.140. The molecule has 0 saturated heterocycles. The van der Waals surface area contributed by atoms with Gasteiger partial charge in [-0.25, -0.2) is 14.3 Å². The lowest BCUT2D eigenvalue weighted by atomic mass is 10.0. The highest BCUT2D eigenvalue weighted by Crippen LogP contribution is 2.16. The van der Waals surface area contributed by atoms with E-state index in [2.05, 4.69) is 9.47 Å². The number of aliphatic hydroxyl groups excluding tert-OH is 1. The van der Waals surface area contributed by atoms with E-state index in [1.54, 1.807) is 5.48 Å². The molecule has 3 unspecified atom stereocenters. The molecule has 66 heavy (non-hydrogen) atoms. The largest absolute Gasteiger partial charge is 0.469 e. The molecule has 3 N–H and O–H groups in total. The quantitative estimate of drug-likeness (QED) is 0.0374. The third kappa shape index (κ3) is 21.5. The van der Waals surface area contributed by atoms with Crippen molar-refractivity contribution in [3.05, 3.63) is 214 Å². The van der Waals surface area contributed by atoms with E-state index < -0.39 is 18.3 Å².